The van der Waals surface area contributed by atoms with E-state index in [2.05, 4.69) is 74.5 Å². The van der Waals surface area contributed by atoms with Crippen LogP contribution in [0.2, 0.25) is 0 Å². The van der Waals surface area contributed by atoms with E-state index in [-0.39, 0.29) is 77.4 Å². The van der Waals surface area contributed by atoms with Crippen molar-refractivity contribution in [2.24, 2.45) is 0 Å². The van der Waals surface area contributed by atoms with E-state index in [4.69, 9.17) is 18.9 Å². The van der Waals surface area contributed by atoms with Crippen LogP contribution in [0.25, 0.3) is 32.3 Å². The van der Waals surface area contributed by atoms with Gasteiger partial charge in [0.25, 0.3) is 0 Å². The number of carbonyl (C=O) groups is 2. The van der Waals surface area contributed by atoms with E-state index in [1.54, 1.807) is 0 Å². The second-order valence-corrected chi connectivity index (χ2v) is 15.8. The topological polar surface area (TPSA) is 71.1 Å². The first-order chi connectivity index (χ1) is 29.3. The third kappa shape index (κ3) is 5.70. The van der Waals surface area contributed by atoms with E-state index in [1.807, 2.05) is 109 Å². The van der Waals surface area contributed by atoms with Gasteiger partial charge in [-0.2, -0.15) is 42.5 Å². The molecule has 0 bridgehead atoms. The first kappa shape index (κ1) is 40.6. The molecule has 13 rings (SSSR count). The molecule has 2 radical (unpaired) electrons. The minimum atomic E-state index is -1.05. The van der Waals surface area contributed by atoms with Gasteiger partial charge in [-0.1, -0.05) is 119 Å². The minimum absolute atomic E-state index is 0. The standard InChI is InChI=1S/C29H17O3.C25H15O3.2Y/c1-17-10-13-21-19(16-17)12-15-25-27(21)31-26-20-7-3-2-6-18(20)11-14-24(26)29(25)23-9-5-4-8-22(23)28(30)32-29;1-15-10-12-17-16(14-15)11-13-21-23(17)27-22-9-5-4-8-20(22)25(21)19-7-3-2-6-18(19)24(26)28-25;;/h3-16H,1H3;2-4,6-14H,1H3;;/q2*-1;;. The van der Waals surface area contributed by atoms with E-state index < -0.39 is 11.2 Å². The normalized spacial score (nSPS) is 18.0. The fourth-order valence-electron chi connectivity index (χ4n) is 9.71. The summed E-state index contributed by atoms with van der Waals surface area (Å²) in [5, 5.41) is 6.17. The van der Waals surface area contributed by atoms with Gasteiger partial charge in [0.15, 0.2) is 11.2 Å². The van der Waals surface area contributed by atoms with Crippen molar-refractivity contribution in [1.29, 1.82) is 0 Å². The number of hydrogen-bond acceptors (Lipinski definition) is 6. The molecule has 2 unspecified atom stereocenters. The molecule has 0 saturated heterocycles. The van der Waals surface area contributed by atoms with Gasteiger partial charge in [-0.25, -0.2) is 9.59 Å². The SMILES string of the molecule is Cc1ccc2c3c(ccc2c1)C1(OC(=O)c2ccccc21)c1cc[c-]cc1O3.Cc1ccc2c3c(ccc2c1)C1(OC(=O)c2ccccc21)c1ccc2c[c-]ccc2c1O3.[Y].[Y]. The Kier molecular flexibility index (Phi) is 9.88. The Hall–Kier alpha value is -5.49. The third-order valence-electron chi connectivity index (χ3n) is 12.4. The number of esters is 2. The fraction of sp³-hybridized carbons (Fsp3) is 0.0741. The molecule has 0 aliphatic carbocycles. The van der Waals surface area contributed by atoms with E-state index >= 15 is 0 Å². The molecule has 0 aromatic heterocycles. The van der Waals surface area contributed by atoms with Crippen LogP contribution in [0.3, 0.4) is 0 Å². The number of carbonyl (C=O) groups excluding carboxylic acids is 2. The molecule has 6 nitrogen and oxygen atoms in total. The maximum Gasteiger partial charge on any atom is 0.340 e. The van der Waals surface area contributed by atoms with Gasteiger partial charge in [-0.15, -0.1) is 17.5 Å². The molecule has 0 N–H and O–H groups in total. The Labute approximate surface area is 407 Å². The number of rotatable bonds is 0. The molecule has 0 saturated carbocycles. The molecule has 62 heavy (non-hydrogen) atoms. The van der Waals surface area contributed by atoms with Crippen LogP contribution in [-0.2, 0) is 86.1 Å². The molecule has 4 aliphatic rings. The van der Waals surface area contributed by atoms with Gasteiger partial charge < -0.3 is 18.9 Å². The summed E-state index contributed by atoms with van der Waals surface area (Å²) in [5.41, 5.74) is 6.56. The quantitative estimate of drug-likeness (QED) is 0.111. The number of hydrogen-bond donors (Lipinski definition) is 0. The summed E-state index contributed by atoms with van der Waals surface area (Å²) in [7, 11) is 0. The van der Waals surface area contributed by atoms with Crippen molar-refractivity contribution in [3.63, 3.8) is 0 Å². The van der Waals surface area contributed by atoms with Crippen LogP contribution in [0.1, 0.15) is 65.2 Å². The molecule has 292 valence electrons. The number of benzene rings is 9. The third-order valence-corrected chi connectivity index (χ3v) is 12.4. The summed E-state index contributed by atoms with van der Waals surface area (Å²) in [4.78, 5) is 25.9. The van der Waals surface area contributed by atoms with Crippen LogP contribution in [0.15, 0.2) is 158 Å². The summed E-state index contributed by atoms with van der Waals surface area (Å²) in [5.74, 6) is 2.22. The Bertz CT molecular complexity index is 3380. The zero-order valence-electron chi connectivity index (χ0n) is 33.6. The van der Waals surface area contributed by atoms with Crippen molar-refractivity contribution in [1.82, 2.24) is 0 Å². The molecular weight excluding hydrogens is 922 g/mol. The van der Waals surface area contributed by atoms with E-state index in [0.717, 1.165) is 82.9 Å². The Balaban J connectivity index is 0.000000144. The van der Waals surface area contributed by atoms with Crippen LogP contribution >= 0.6 is 0 Å². The van der Waals surface area contributed by atoms with Crippen LogP contribution in [-0.4, -0.2) is 11.9 Å². The van der Waals surface area contributed by atoms with E-state index in [1.165, 1.54) is 11.1 Å². The molecular formula is C54H32O6Y2-2. The maximum absolute atomic E-state index is 13.1. The minimum Gasteiger partial charge on any atom is -0.515 e. The smallest absolute Gasteiger partial charge is 0.340 e. The number of ether oxygens (including phenoxy) is 4. The van der Waals surface area contributed by atoms with E-state index in [0.29, 0.717) is 16.9 Å². The average molecular weight is 955 g/mol. The predicted octanol–water partition coefficient (Wildman–Crippen LogP) is 12.2. The van der Waals surface area contributed by atoms with E-state index in [9.17, 15) is 9.59 Å². The Morgan fingerprint density at radius 3 is 1.48 bits per heavy atom. The summed E-state index contributed by atoms with van der Waals surface area (Å²) in [6, 6.07) is 57.7. The molecule has 2 atom stereocenters. The monoisotopic (exact) mass is 954 g/mol. The molecule has 9 aromatic rings. The van der Waals surface area contributed by atoms with Gasteiger partial charge in [-0.3, -0.25) is 0 Å². The van der Waals surface area contributed by atoms with Crippen molar-refractivity contribution < 1.29 is 94.0 Å². The van der Waals surface area contributed by atoms with Gasteiger partial charge >= 0.3 is 11.9 Å². The predicted molar refractivity (Wildman–Crippen MR) is 229 cm³/mol. The number of aryl methyl sites for hydroxylation is 2. The number of fused-ring (bicyclic) bond motifs is 18. The molecule has 4 heterocycles. The average Bonchev–Trinajstić information content (AvgIpc) is 3.74. The first-order valence-electron chi connectivity index (χ1n) is 19.9. The zero-order chi connectivity index (χ0) is 40.3. The Morgan fingerprint density at radius 2 is 0.903 bits per heavy atom. The van der Waals surface area contributed by atoms with Gasteiger partial charge in [0.2, 0.25) is 0 Å². The molecule has 2 spiro atoms. The van der Waals surface area contributed by atoms with Gasteiger partial charge in [0.1, 0.15) is 17.2 Å². The molecule has 9 aromatic carbocycles. The van der Waals surface area contributed by atoms with Crippen molar-refractivity contribution in [2.75, 3.05) is 0 Å². The fourth-order valence-corrected chi connectivity index (χ4v) is 9.71. The van der Waals surface area contributed by atoms with Crippen molar-refractivity contribution in [2.45, 2.75) is 25.0 Å². The molecule has 4 aliphatic heterocycles. The van der Waals surface area contributed by atoms with Gasteiger partial charge in [0.05, 0.1) is 11.1 Å². The largest absolute Gasteiger partial charge is 0.515 e. The summed E-state index contributed by atoms with van der Waals surface area (Å²) >= 11 is 0. The summed E-state index contributed by atoms with van der Waals surface area (Å²) in [6.07, 6.45) is 0. The van der Waals surface area contributed by atoms with Crippen molar-refractivity contribution in [3.8, 4) is 23.0 Å². The summed E-state index contributed by atoms with van der Waals surface area (Å²) in [6.45, 7) is 4.15. The van der Waals surface area contributed by atoms with Crippen LogP contribution < -0.4 is 9.47 Å². The van der Waals surface area contributed by atoms with Gasteiger partial charge in [0, 0.05) is 110 Å². The molecule has 0 amide bonds. The van der Waals surface area contributed by atoms with Crippen molar-refractivity contribution >= 4 is 44.3 Å². The maximum atomic E-state index is 13.1. The first-order valence-corrected chi connectivity index (χ1v) is 19.9. The Morgan fingerprint density at radius 1 is 0.435 bits per heavy atom. The summed E-state index contributed by atoms with van der Waals surface area (Å²) < 4.78 is 25.5. The van der Waals surface area contributed by atoms with Crippen LogP contribution in [0.5, 0.6) is 23.0 Å². The van der Waals surface area contributed by atoms with Crippen molar-refractivity contribution in [3.05, 3.63) is 225 Å². The zero-order valence-corrected chi connectivity index (χ0v) is 39.3. The van der Waals surface area contributed by atoms with Crippen LogP contribution in [0.4, 0.5) is 0 Å². The molecule has 8 heteroatoms. The molecule has 0 fully saturated rings. The second-order valence-electron chi connectivity index (χ2n) is 15.8. The van der Waals surface area contributed by atoms with Crippen LogP contribution in [0, 0.1) is 26.0 Å². The van der Waals surface area contributed by atoms with Gasteiger partial charge in [-0.05, 0) is 42.8 Å². The second kappa shape index (κ2) is 15.1.